The Morgan fingerprint density at radius 1 is 0.971 bits per heavy atom. The first kappa shape index (κ1) is 29.4. The second kappa shape index (κ2) is 12.9. The lowest BCUT2D eigenvalue weighted by atomic mass is 10.1. The third-order valence-corrected chi connectivity index (χ3v) is 8.43. The maximum absolute atomic E-state index is 13.5. The highest BCUT2D eigenvalue weighted by Gasteiger charge is 2.33. The van der Waals surface area contributed by atoms with Crippen LogP contribution in [0.1, 0.15) is 39.2 Å². The van der Waals surface area contributed by atoms with Gasteiger partial charge in [-0.15, -0.1) is 0 Å². The molecule has 2 rings (SSSR count). The van der Waals surface area contributed by atoms with Gasteiger partial charge in [0.1, 0.15) is 6.04 Å². The first-order valence-corrected chi connectivity index (χ1v) is 13.7. The van der Waals surface area contributed by atoms with E-state index in [4.69, 9.17) is 34.8 Å². The topological polar surface area (TPSA) is 86.8 Å². The van der Waals surface area contributed by atoms with E-state index in [0.717, 1.165) is 4.31 Å². The van der Waals surface area contributed by atoms with Crippen molar-refractivity contribution in [2.45, 2.75) is 57.1 Å². The van der Waals surface area contributed by atoms with Crippen molar-refractivity contribution in [3.05, 3.63) is 63.1 Å². The van der Waals surface area contributed by atoms with E-state index in [1.165, 1.54) is 36.2 Å². The number of carbonyl (C=O) groups is 2. The summed E-state index contributed by atoms with van der Waals surface area (Å²) in [6.45, 7) is 5.05. The number of likely N-dealkylation sites (N-methyl/N-ethyl adjacent to an activating group) is 1. The van der Waals surface area contributed by atoms with Crippen molar-refractivity contribution >= 4 is 56.6 Å². The van der Waals surface area contributed by atoms with Gasteiger partial charge in [0.15, 0.2) is 0 Å². The number of carbonyl (C=O) groups excluding carboxylic acids is 2. The zero-order valence-electron chi connectivity index (χ0n) is 20.1. The molecule has 0 fully saturated rings. The number of nitrogens with one attached hydrogen (secondary N) is 1. The van der Waals surface area contributed by atoms with E-state index < -0.39 is 28.5 Å². The highest BCUT2D eigenvalue weighted by atomic mass is 35.5. The highest BCUT2D eigenvalue weighted by Crippen LogP contribution is 2.27. The van der Waals surface area contributed by atoms with Crippen molar-refractivity contribution in [2.24, 2.45) is 0 Å². The standard InChI is InChI=1S/C24H30Cl3N3O4S/c1-5-16(3)28-24(32)22(6-2)30(14-19-20(26)8-7-9-21(19)27)23(31)15-29(4)35(33,34)18-12-10-17(25)11-13-18/h7-13,16,22H,5-6,14-15H2,1-4H3,(H,28,32)/t16-,22+/m1/s1. The molecular weight excluding hydrogens is 533 g/mol. The van der Waals surface area contributed by atoms with Crippen LogP contribution in [-0.4, -0.2) is 55.1 Å². The quantitative estimate of drug-likeness (QED) is 0.418. The molecule has 2 aromatic carbocycles. The first-order valence-electron chi connectivity index (χ1n) is 11.2. The Morgan fingerprint density at radius 3 is 2.06 bits per heavy atom. The van der Waals surface area contributed by atoms with Crippen molar-refractivity contribution in [1.29, 1.82) is 0 Å². The average Bonchev–Trinajstić information content (AvgIpc) is 2.80. The van der Waals surface area contributed by atoms with Crippen molar-refractivity contribution in [1.82, 2.24) is 14.5 Å². The van der Waals surface area contributed by atoms with Gasteiger partial charge in [-0.3, -0.25) is 9.59 Å². The molecular formula is C24H30Cl3N3O4S. The summed E-state index contributed by atoms with van der Waals surface area (Å²) in [5.74, 6) is -0.895. The summed E-state index contributed by atoms with van der Waals surface area (Å²) in [6, 6.07) is 9.68. The van der Waals surface area contributed by atoms with Crippen LogP contribution >= 0.6 is 34.8 Å². The van der Waals surface area contributed by atoms with Crippen LogP contribution in [-0.2, 0) is 26.2 Å². The molecule has 0 saturated heterocycles. The molecule has 0 aliphatic rings. The van der Waals surface area contributed by atoms with Crippen molar-refractivity contribution in [2.75, 3.05) is 13.6 Å². The molecule has 0 spiro atoms. The van der Waals surface area contributed by atoms with E-state index in [0.29, 0.717) is 33.5 Å². The molecule has 0 aliphatic heterocycles. The summed E-state index contributed by atoms with van der Waals surface area (Å²) in [7, 11) is -2.67. The number of halogens is 3. The number of sulfonamides is 1. The first-order chi connectivity index (χ1) is 16.4. The lowest BCUT2D eigenvalue weighted by Crippen LogP contribution is -2.53. The maximum Gasteiger partial charge on any atom is 0.243 e. The van der Waals surface area contributed by atoms with Gasteiger partial charge in [-0.1, -0.05) is 54.7 Å². The molecule has 11 heteroatoms. The number of hydrogen-bond acceptors (Lipinski definition) is 4. The lowest BCUT2D eigenvalue weighted by Gasteiger charge is -2.33. The van der Waals surface area contributed by atoms with Gasteiger partial charge < -0.3 is 10.2 Å². The predicted molar refractivity (Wildman–Crippen MR) is 140 cm³/mol. The molecule has 0 unspecified atom stereocenters. The normalized spacial score (nSPS) is 13.4. The molecule has 0 aromatic heterocycles. The Morgan fingerprint density at radius 2 is 1.54 bits per heavy atom. The van der Waals surface area contributed by atoms with Crippen LogP contribution in [0.25, 0.3) is 0 Å². The zero-order chi connectivity index (χ0) is 26.3. The lowest BCUT2D eigenvalue weighted by molar-refractivity contribution is -0.141. The van der Waals surface area contributed by atoms with Crippen LogP contribution in [0.15, 0.2) is 47.4 Å². The molecule has 0 radical (unpaired) electrons. The molecule has 0 bridgehead atoms. The Balaban J connectivity index is 2.39. The van der Waals surface area contributed by atoms with E-state index in [-0.39, 0.29) is 23.4 Å². The van der Waals surface area contributed by atoms with Gasteiger partial charge in [-0.25, -0.2) is 8.42 Å². The number of hydrogen-bond donors (Lipinski definition) is 1. The smallest absolute Gasteiger partial charge is 0.243 e. The Bertz CT molecular complexity index is 1120. The van der Waals surface area contributed by atoms with Crippen LogP contribution in [0.3, 0.4) is 0 Å². The average molecular weight is 563 g/mol. The monoisotopic (exact) mass is 561 g/mol. The summed E-state index contributed by atoms with van der Waals surface area (Å²) in [5, 5.41) is 3.98. The molecule has 7 nitrogen and oxygen atoms in total. The van der Waals surface area contributed by atoms with Gasteiger partial charge in [0.05, 0.1) is 11.4 Å². The molecule has 2 amide bonds. The number of amides is 2. The number of nitrogens with zero attached hydrogens (tertiary/aromatic N) is 2. The van der Waals surface area contributed by atoms with Crippen LogP contribution in [0.5, 0.6) is 0 Å². The largest absolute Gasteiger partial charge is 0.352 e. The fourth-order valence-electron chi connectivity index (χ4n) is 3.37. The predicted octanol–water partition coefficient (Wildman–Crippen LogP) is 4.99. The molecule has 0 heterocycles. The Kier molecular flexibility index (Phi) is 10.9. The van der Waals surface area contributed by atoms with Crippen molar-refractivity contribution in [3.8, 4) is 0 Å². The fourth-order valence-corrected chi connectivity index (χ4v) is 5.13. The van der Waals surface area contributed by atoms with Gasteiger partial charge >= 0.3 is 0 Å². The fraction of sp³-hybridized carbons (Fsp3) is 0.417. The minimum Gasteiger partial charge on any atom is -0.352 e. The van der Waals surface area contributed by atoms with Gasteiger partial charge in [0.25, 0.3) is 0 Å². The minimum absolute atomic E-state index is 0.000506. The molecule has 192 valence electrons. The van der Waals surface area contributed by atoms with Gasteiger partial charge in [-0.05, 0) is 56.2 Å². The van der Waals surface area contributed by atoms with Gasteiger partial charge in [-0.2, -0.15) is 4.31 Å². The summed E-state index contributed by atoms with van der Waals surface area (Å²) in [4.78, 5) is 27.9. The Hall–Kier alpha value is -1.84. The van der Waals surface area contributed by atoms with Crippen molar-refractivity contribution < 1.29 is 18.0 Å². The van der Waals surface area contributed by atoms with Gasteiger partial charge in [0.2, 0.25) is 21.8 Å². The van der Waals surface area contributed by atoms with E-state index in [1.54, 1.807) is 25.1 Å². The summed E-state index contributed by atoms with van der Waals surface area (Å²) in [6.07, 6.45) is 1.03. The molecule has 0 aliphatic carbocycles. The van der Waals surface area contributed by atoms with Crippen LogP contribution in [0.2, 0.25) is 15.1 Å². The molecule has 2 aromatic rings. The summed E-state index contributed by atoms with van der Waals surface area (Å²) >= 11 is 18.6. The van der Waals surface area contributed by atoms with Crippen LogP contribution in [0, 0.1) is 0 Å². The molecule has 35 heavy (non-hydrogen) atoms. The SMILES string of the molecule is CC[C@@H](C)NC(=O)[C@H](CC)N(Cc1c(Cl)cccc1Cl)C(=O)CN(C)S(=O)(=O)c1ccc(Cl)cc1. The molecule has 0 saturated carbocycles. The van der Waals surface area contributed by atoms with Crippen LogP contribution in [0.4, 0.5) is 0 Å². The van der Waals surface area contributed by atoms with E-state index >= 15 is 0 Å². The second-order valence-corrected chi connectivity index (χ2v) is 11.5. The maximum atomic E-state index is 13.5. The number of rotatable bonds is 11. The molecule has 1 N–H and O–H groups in total. The zero-order valence-corrected chi connectivity index (χ0v) is 23.2. The third-order valence-electron chi connectivity index (χ3n) is 5.66. The second-order valence-electron chi connectivity index (χ2n) is 8.18. The summed E-state index contributed by atoms with van der Waals surface area (Å²) in [5.41, 5.74) is 0.474. The Labute approximate surface area is 222 Å². The third kappa shape index (κ3) is 7.57. The van der Waals surface area contributed by atoms with Crippen molar-refractivity contribution in [3.63, 3.8) is 0 Å². The van der Waals surface area contributed by atoms with Crippen LogP contribution < -0.4 is 5.32 Å². The molecule has 2 atom stereocenters. The minimum atomic E-state index is -3.97. The number of benzene rings is 2. The highest BCUT2D eigenvalue weighted by molar-refractivity contribution is 7.89. The van der Waals surface area contributed by atoms with Gasteiger partial charge in [0, 0.05) is 40.3 Å². The van der Waals surface area contributed by atoms with E-state index in [1.807, 2.05) is 13.8 Å². The van der Waals surface area contributed by atoms with E-state index in [9.17, 15) is 18.0 Å². The summed E-state index contributed by atoms with van der Waals surface area (Å²) < 4.78 is 27.0. The van der Waals surface area contributed by atoms with E-state index in [2.05, 4.69) is 5.32 Å².